The van der Waals surface area contributed by atoms with Crippen LogP contribution in [0.1, 0.15) is 32.5 Å². The third kappa shape index (κ3) is 4.48. The number of para-hydroxylation sites is 1. The van der Waals surface area contributed by atoms with Gasteiger partial charge in [0.15, 0.2) is 5.82 Å². The fourth-order valence-electron chi connectivity index (χ4n) is 3.30. The van der Waals surface area contributed by atoms with Crippen LogP contribution in [-0.2, 0) is 27.8 Å². The van der Waals surface area contributed by atoms with Gasteiger partial charge in [0.25, 0.3) is 0 Å². The van der Waals surface area contributed by atoms with E-state index in [-0.39, 0.29) is 5.91 Å². The lowest BCUT2D eigenvalue weighted by atomic mass is 10.2. The van der Waals surface area contributed by atoms with Crippen LogP contribution in [0.5, 0.6) is 0 Å². The molecule has 8 nitrogen and oxygen atoms in total. The molecule has 0 atom stereocenters. The summed E-state index contributed by atoms with van der Waals surface area (Å²) in [6.45, 7) is 4.61. The lowest BCUT2D eigenvalue weighted by Gasteiger charge is -2.11. The number of carbonyl (C=O) groups is 1. The van der Waals surface area contributed by atoms with E-state index in [0.717, 1.165) is 47.8 Å². The van der Waals surface area contributed by atoms with Gasteiger partial charge in [-0.1, -0.05) is 25.1 Å². The van der Waals surface area contributed by atoms with E-state index in [9.17, 15) is 13.2 Å². The highest BCUT2D eigenvalue weighted by atomic mass is 32.2. The molecule has 3 aromatic rings. The van der Waals surface area contributed by atoms with Crippen LogP contribution in [-0.4, -0.2) is 41.7 Å². The van der Waals surface area contributed by atoms with E-state index in [1.807, 2.05) is 31.2 Å². The van der Waals surface area contributed by atoms with Gasteiger partial charge in [-0.05, 0) is 18.9 Å². The van der Waals surface area contributed by atoms with Crippen LogP contribution < -0.4 is 10.0 Å². The number of aryl methyl sites for hydroxylation is 2. The molecule has 2 heterocycles. The topological polar surface area (TPSA) is 106 Å². The number of rotatable bonds is 8. The Morgan fingerprint density at radius 1 is 1.18 bits per heavy atom. The zero-order valence-corrected chi connectivity index (χ0v) is 17.1. The minimum absolute atomic E-state index is 0.191. The van der Waals surface area contributed by atoms with Crippen LogP contribution in [0.4, 0.5) is 5.82 Å². The Labute approximate surface area is 164 Å². The van der Waals surface area contributed by atoms with Gasteiger partial charge in [0, 0.05) is 31.8 Å². The van der Waals surface area contributed by atoms with Crippen molar-refractivity contribution in [3.63, 3.8) is 0 Å². The molecule has 0 spiro atoms. The Hall–Kier alpha value is -2.52. The van der Waals surface area contributed by atoms with Crippen molar-refractivity contribution in [1.82, 2.24) is 19.3 Å². The molecule has 1 amide bonds. The van der Waals surface area contributed by atoms with Gasteiger partial charge in [-0.2, -0.15) is 0 Å². The molecule has 0 fully saturated rings. The molecule has 0 aliphatic rings. The summed E-state index contributed by atoms with van der Waals surface area (Å²) < 4.78 is 27.1. The summed E-state index contributed by atoms with van der Waals surface area (Å²) >= 11 is 0. The highest BCUT2D eigenvalue weighted by molar-refractivity contribution is 7.88. The van der Waals surface area contributed by atoms with Crippen LogP contribution in [0.15, 0.2) is 24.3 Å². The highest BCUT2D eigenvalue weighted by Gasteiger charge is 2.18. The molecule has 0 aliphatic heterocycles. The van der Waals surface area contributed by atoms with Gasteiger partial charge >= 0.3 is 0 Å². The number of nitrogens with zero attached hydrogens (tertiary/aromatic N) is 3. The predicted molar refractivity (Wildman–Crippen MR) is 111 cm³/mol. The summed E-state index contributed by atoms with van der Waals surface area (Å²) in [6.07, 6.45) is 3.42. The quantitative estimate of drug-likeness (QED) is 0.562. The maximum Gasteiger partial charge on any atom is 0.222 e. The standard InChI is InChI=1S/C19H25N5O3S/c1-4-16-23-17-18(24(16)12-8-7-11-20-28(3,26)27)14-9-5-6-10-15(14)22-19(17)21-13(2)25/h5-6,9-10,20H,4,7-8,11-12H2,1-3H3,(H,21,22,25). The maximum absolute atomic E-state index is 11.6. The Morgan fingerprint density at radius 2 is 1.93 bits per heavy atom. The number of carbonyl (C=O) groups excluding carboxylic acids is 1. The normalized spacial score (nSPS) is 12.0. The van der Waals surface area contributed by atoms with E-state index >= 15 is 0 Å². The number of pyridine rings is 1. The van der Waals surface area contributed by atoms with Gasteiger partial charge < -0.3 is 9.88 Å². The zero-order valence-electron chi connectivity index (χ0n) is 16.3. The summed E-state index contributed by atoms with van der Waals surface area (Å²) in [7, 11) is -3.17. The average molecular weight is 404 g/mol. The Morgan fingerprint density at radius 3 is 2.61 bits per heavy atom. The number of imidazole rings is 1. The van der Waals surface area contributed by atoms with Crippen LogP contribution in [0.25, 0.3) is 21.9 Å². The minimum Gasteiger partial charge on any atom is -0.327 e. The van der Waals surface area contributed by atoms with E-state index in [1.54, 1.807) is 0 Å². The number of aromatic nitrogens is 3. The van der Waals surface area contributed by atoms with Crippen LogP contribution in [0.3, 0.4) is 0 Å². The number of nitrogens with one attached hydrogen (secondary N) is 2. The van der Waals surface area contributed by atoms with Crippen LogP contribution in [0, 0.1) is 0 Å². The molecule has 0 unspecified atom stereocenters. The summed E-state index contributed by atoms with van der Waals surface area (Å²) in [5.74, 6) is 1.19. The van der Waals surface area contributed by atoms with Crippen molar-refractivity contribution < 1.29 is 13.2 Å². The average Bonchev–Trinajstić information content (AvgIpc) is 2.99. The van der Waals surface area contributed by atoms with Gasteiger partial charge in [-0.15, -0.1) is 0 Å². The van der Waals surface area contributed by atoms with Crippen molar-refractivity contribution in [2.45, 2.75) is 39.7 Å². The van der Waals surface area contributed by atoms with E-state index in [2.05, 4.69) is 19.6 Å². The van der Waals surface area contributed by atoms with E-state index in [0.29, 0.717) is 24.4 Å². The molecule has 3 rings (SSSR count). The Bertz CT molecular complexity index is 1120. The lowest BCUT2D eigenvalue weighted by molar-refractivity contribution is -0.114. The molecule has 2 aromatic heterocycles. The molecule has 2 N–H and O–H groups in total. The fraction of sp³-hybridized carbons (Fsp3) is 0.421. The number of fused-ring (bicyclic) bond motifs is 3. The van der Waals surface area contributed by atoms with Crippen LogP contribution >= 0.6 is 0 Å². The number of sulfonamides is 1. The predicted octanol–water partition coefficient (Wildman–Crippen LogP) is 2.43. The smallest absolute Gasteiger partial charge is 0.222 e. The SMILES string of the molecule is CCc1nc2c(NC(C)=O)nc3ccccc3c2n1CCCCNS(C)(=O)=O. The fourth-order valence-corrected chi connectivity index (χ4v) is 3.81. The number of benzene rings is 1. The second kappa shape index (κ2) is 8.24. The molecule has 0 aliphatic carbocycles. The number of hydrogen-bond donors (Lipinski definition) is 2. The number of hydrogen-bond acceptors (Lipinski definition) is 5. The first-order valence-electron chi connectivity index (χ1n) is 9.30. The summed E-state index contributed by atoms with van der Waals surface area (Å²) in [5, 5.41) is 3.77. The van der Waals surface area contributed by atoms with E-state index in [4.69, 9.17) is 4.98 Å². The van der Waals surface area contributed by atoms with Gasteiger partial charge in [-0.3, -0.25) is 4.79 Å². The molecule has 9 heteroatoms. The molecular formula is C19H25N5O3S. The van der Waals surface area contributed by atoms with Gasteiger partial charge in [0.1, 0.15) is 11.3 Å². The van der Waals surface area contributed by atoms with Crippen molar-refractivity contribution >= 4 is 43.7 Å². The lowest BCUT2D eigenvalue weighted by Crippen LogP contribution is -2.23. The molecule has 0 saturated heterocycles. The van der Waals surface area contributed by atoms with Crippen molar-refractivity contribution in [2.75, 3.05) is 18.1 Å². The molecular weight excluding hydrogens is 378 g/mol. The van der Waals surface area contributed by atoms with Crippen molar-refractivity contribution in [3.8, 4) is 0 Å². The van der Waals surface area contributed by atoms with Crippen molar-refractivity contribution in [3.05, 3.63) is 30.1 Å². The highest BCUT2D eigenvalue weighted by Crippen LogP contribution is 2.30. The first kappa shape index (κ1) is 20.2. The van der Waals surface area contributed by atoms with Gasteiger partial charge in [0.2, 0.25) is 15.9 Å². The summed E-state index contributed by atoms with van der Waals surface area (Å²) in [4.78, 5) is 21.0. The van der Waals surface area contributed by atoms with Crippen molar-refractivity contribution in [2.24, 2.45) is 0 Å². The summed E-state index contributed by atoms with van der Waals surface area (Å²) in [5.41, 5.74) is 2.42. The van der Waals surface area contributed by atoms with Gasteiger partial charge in [-0.25, -0.2) is 23.1 Å². The number of anilines is 1. The number of amides is 1. The second-order valence-electron chi connectivity index (χ2n) is 6.76. The van der Waals surface area contributed by atoms with E-state index < -0.39 is 10.0 Å². The van der Waals surface area contributed by atoms with Crippen LogP contribution in [0.2, 0.25) is 0 Å². The monoisotopic (exact) mass is 403 g/mol. The zero-order chi connectivity index (χ0) is 20.3. The first-order chi connectivity index (χ1) is 13.3. The van der Waals surface area contributed by atoms with Gasteiger partial charge in [0.05, 0.1) is 17.3 Å². The minimum atomic E-state index is -3.17. The summed E-state index contributed by atoms with van der Waals surface area (Å²) in [6, 6.07) is 7.79. The molecule has 0 bridgehead atoms. The maximum atomic E-state index is 11.6. The third-order valence-electron chi connectivity index (χ3n) is 4.45. The molecule has 1 aromatic carbocycles. The third-order valence-corrected chi connectivity index (χ3v) is 5.17. The largest absolute Gasteiger partial charge is 0.327 e. The Balaban J connectivity index is 2.01. The first-order valence-corrected chi connectivity index (χ1v) is 11.2. The second-order valence-corrected chi connectivity index (χ2v) is 8.60. The number of unbranched alkanes of at least 4 members (excludes halogenated alkanes) is 1. The molecule has 150 valence electrons. The van der Waals surface area contributed by atoms with E-state index in [1.165, 1.54) is 6.92 Å². The Kier molecular flexibility index (Phi) is 5.95. The molecule has 0 saturated carbocycles. The molecule has 0 radical (unpaired) electrons. The van der Waals surface area contributed by atoms with Crippen molar-refractivity contribution in [1.29, 1.82) is 0 Å². The molecule has 28 heavy (non-hydrogen) atoms.